The second-order valence-corrected chi connectivity index (χ2v) is 4.79. The number of hydrogen-bond donors (Lipinski definition) is 1. The highest BCUT2D eigenvalue weighted by atomic mass is 31.2. The quantitative estimate of drug-likeness (QED) is 0.404. The Labute approximate surface area is 96.9 Å². The zero-order valence-electron chi connectivity index (χ0n) is 9.81. The summed E-state index contributed by atoms with van der Waals surface area (Å²) < 4.78 is 19.9. The van der Waals surface area contributed by atoms with Gasteiger partial charge in [0.05, 0.1) is 0 Å². The van der Waals surface area contributed by atoms with Crippen molar-refractivity contribution in [2.45, 2.75) is 26.2 Å². The Hall–Kier alpha value is -0.830. The van der Waals surface area contributed by atoms with Gasteiger partial charge in [-0.3, -0.25) is 9.42 Å². The van der Waals surface area contributed by atoms with Gasteiger partial charge in [0.2, 0.25) is 0 Å². The van der Waals surface area contributed by atoms with Gasteiger partial charge >= 0.3 is 7.82 Å². The van der Waals surface area contributed by atoms with Crippen molar-refractivity contribution in [3.63, 3.8) is 0 Å². The highest BCUT2D eigenvalue weighted by Crippen LogP contribution is 2.44. The predicted octanol–water partition coefficient (Wildman–Crippen LogP) is 3.57. The first-order valence-corrected chi connectivity index (χ1v) is 6.53. The molecule has 4 nitrogen and oxygen atoms in total. The molecule has 16 heavy (non-hydrogen) atoms. The van der Waals surface area contributed by atoms with Crippen LogP contribution in [0.5, 0.6) is 0 Å². The van der Waals surface area contributed by atoms with E-state index in [4.69, 9.17) is 4.89 Å². The molecule has 0 aliphatic heterocycles. The molecule has 0 amide bonds. The molecule has 1 atom stereocenters. The Morgan fingerprint density at radius 1 is 1.44 bits per heavy atom. The molecule has 0 aromatic heterocycles. The van der Waals surface area contributed by atoms with E-state index >= 15 is 0 Å². The monoisotopic (exact) mass is 246 g/mol. The molecular formula is C11H19O4P. The van der Waals surface area contributed by atoms with Crippen molar-refractivity contribution in [2.75, 3.05) is 7.11 Å². The Kier molecular flexibility index (Phi) is 7.06. The molecule has 92 valence electrons. The second kappa shape index (κ2) is 7.44. The van der Waals surface area contributed by atoms with Crippen LogP contribution in [0.2, 0.25) is 0 Å². The summed E-state index contributed by atoms with van der Waals surface area (Å²) in [6, 6.07) is 0. The smallest absolute Gasteiger partial charge is 0.405 e. The summed E-state index contributed by atoms with van der Waals surface area (Å²) in [6.45, 7) is 9.41. The molecule has 0 aliphatic carbocycles. The van der Waals surface area contributed by atoms with Gasteiger partial charge in [-0.25, -0.2) is 4.57 Å². The zero-order valence-corrected chi connectivity index (χ0v) is 10.7. The lowest BCUT2D eigenvalue weighted by atomic mass is 10.1. The highest BCUT2D eigenvalue weighted by molar-refractivity contribution is 7.47. The molecule has 0 saturated heterocycles. The predicted molar refractivity (Wildman–Crippen MR) is 64.9 cm³/mol. The SMILES string of the molecule is C=C(/C=C\C(=C)OP(=O)(O)OC)CCCC. The fourth-order valence-electron chi connectivity index (χ4n) is 0.914. The lowest BCUT2D eigenvalue weighted by Gasteiger charge is -2.09. The van der Waals surface area contributed by atoms with E-state index in [1.165, 1.54) is 6.08 Å². The molecule has 0 radical (unpaired) electrons. The van der Waals surface area contributed by atoms with Crippen LogP contribution >= 0.6 is 7.82 Å². The average molecular weight is 246 g/mol. The van der Waals surface area contributed by atoms with Crippen molar-refractivity contribution in [3.8, 4) is 0 Å². The van der Waals surface area contributed by atoms with Crippen LogP contribution in [0.25, 0.3) is 0 Å². The van der Waals surface area contributed by atoms with Gasteiger partial charge in [-0.05, 0) is 18.9 Å². The largest absolute Gasteiger partial charge is 0.527 e. The summed E-state index contributed by atoms with van der Waals surface area (Å²) >= 11 is 0. The van der Waals surface area contributed by atoms with E-state index in [1.807, 2.05) is 0 Å². The summed E-state index contributed by atoms with van der Waals surface area (Å²) in [6.07, 6.45) is 6.27. The maximum Gasteiger partial charge on any atom is 0.527 e. The van der Waals surface area contributed by atoms with E-state index in [1.54, 1.807) is 6.08 Å². The Morgan fingerprint density at radius 3 is 2.56 bits per heavy atom. The molecule has 0 bridgehead atoms. The molecule has 0 fully saturated rings. The van der Waals surface area contributed by atoms with Gasteiger partial charge in [0, 0.05) is 7.11 Å². The topological polar surface area (TPSA) is 55.8 Å². The van der Waals surface area contributed by atoms with Crippen molar-refractivity contribution < 1.29 is 18.5 Å². The summed E-state index contributed by atoms with van der Waals surface area (Å²) in [5, 5.41) is 0. The summed E-state index contributed by atoms with van der Waals surface area (Å²) in [5.74, 6) is 0.0744. The van der Waals surface area contributed by atoms with Crippen LogP contribution in [0, 0.1) is 0 Å². The maximum absolute atomic E-state index is 11.0. The van der Waals surface area contributed by atoms with Gasteiger partial charge in [-0.1, -0.05) is 38.2 Å². The van der Waals surface area contributed by atoms with Crippen LogP contribution in [0.3, 0.4) is 0 Å². The molecule has 0 rings (SSSR count). The van der Waals surface area contributed by atoms with E-state index < -0.39 is 7.82 Å². The van der Waals surface area contributed by atoms with Crippen LogP contribution in [0.1, 0.15) is 26.2 Å². The van der Waals surface area contributed by atoms with Crippen molar-refractivity contribution in [3.05, 3.63) is 36.6 Å². The van der Waals surface area contributed by atoms with Crippen LogP contribution in [0.4, 0.5) is 0 Å². The molecule has 0 aromatic rings. The summed E-state index contributed by atoms with van der Waals surface area (Å²) in [5.41, 5.74) is 0.928. The van der Waals surface area contributed by atoms with Gasteiger partial charge in [-0.2, -0.15) is 0 Å². The van der Waals surface area contributed by atoms with E-state index in [-0.39, 0.29) is 5.76 Å². The number of allylic oxidation sites excluding steroid dienone is 3. The molecule has 0 spiro atoms. The molecule has 0 saturated carbocycles. The van der Waals surface area contributed by atoms with Crippen LogP contribution in [-0.2, 0) is 13.6 Å². The summed E-state index contributed by atoms with van der Waals surface area (Å²) in [4.78, 5) is 8.99. The van der Waals surface area contributed by atoms with Gasteiger partial charge in [0.15, 0.2) is 0 Å². The first-order chi connectivity index (χ1) is 7.41. The van der Waals surface area contributed by atoms with Gasteiger partial charge in [-0.15, -0.1) is 0 Å². The standard InChI is InChI=1S/C11H19O4P/c1-5-6-7-10(2)8-9-11(3)15-16(12,13)14-4/h8-9H,2-3,5-7H2,1,4H3,(H,12,13)/b9-8-. The molecular weight excluding hydrogens is 227 g/mol. The van der Waals surface area contributed by atoms with Crippen molar-refractivity contribution >= 4 is 7.82 Å². The molecule has 1 N–H and O–H groups in total. The van der Waals surface area contributed by atoms with E-state index in [0.717, 1.165) is 31.9 Å². The second-order valence-electron chi connectivity index (χ2n) is 3.30. The van der Waals surface area contributed by atoms with Gasteiger partial charge in [0.25, 0.3) is 0 Å². The van der Waals surface area contributed by atoms with Crippen molar-refractivity contribution in [1.82, 2.24) is 0 Å². The Morgan fingerprint density at radius 2 is 2.06 bits per heavy atom. The van der Waals surface area contributed by atoms with Crippen molar-refractivity contribution in [2.24, 2.45) is 0 Å². The fraction of sp³-hybridized carbons (Fsp3) is 0.455. The van der Waals surface area contributed by atoms with Crippen LogP contribution in [0.15, 0.2) is 36.6 Å². The zero-order chi connectivity index (χ0) is 12.6. The first kappa shape index (κ1) is 15.2. The fourth-order valence-corrected chi connectivity index (χ4v) is 1.35. The minimum atomic E-state index is -3.99. The number of phosphoric acid groups is 1. The average Bonchev–Trinajstić information content (AvgIpc) is 2.23. The van der Waals surface area contributed by atoms with E-state index in [9.17, 15) is 4.57 Å². The highest BCUT2D eigenvalue weighted by Gasteiger charge is 2.19. The maximum atomic E-state index is 11.0. The molecule has 0 aromatic carbocycles. The molecule has 1 unspecified atom stereocenters. The minimum absolute atomic E-state index is 0.0744. The molecule has 0 heterocycles. The molecule has 0 aliphatic rings. The van der Waals surface area contributed by atoms with Crippen molar-refractivity contribution in [1.29, 1.82) is 0 Å². The summed E-state index contributed by atoms with van der Waals surface area (Å²) in [7, 11) is -2.90. The number of unbranched alkanes of at least 4 members (excludes halogenated alkanes) is 1. The number of hydrogen-bond acceptors (Lipinski definition) is 3. The molecule has 5 heteroatoms. The van der Waals surface area contributed by atoms with E-state index in [0.29, 0.717) is 0 Å². The number of phosphoric ester groups is 1. The van der Waals surface area contributed by atoms with Gasteiger partial charge in [0.1, 0.15) is 5.76 Å². The van der Waals surface area contributed by atoms with E-state index in [2.05, 4.69) is 29.1 Å². The van der Waals surface area contributed by atoms with Gasteiger partial charge < -0.3 is 4.52 Å². The lowest BCUT2D eigenvalue weighted by Crippen LogP contribution is -1.89. The Bertz CT molecular complexity index is 320. The third-order valence-corrected chi connectivity index (χ3v) is 2.75. The lowest BCUT2D eigenvalue weighted by molar-refractivity contribution is 0.215. The number of rotatable bonds is 8. The third kappa shape index (κ3) is 7.46. The van der Waals surface area contributed by atoms with Crippen LogP contribution in [-0.4, -0.2) is 12.0 Å². The first-order valence-electron chi connectivity index (χ1n) is 5.04. The van der Waals surface area contributed by atoms with Crippen LogP contribution < -0.4 is 0 Å². The minimum Gasteiger partial charge on any atom is -0.405 e. The normalized spacial score (nSPS) is 14.7. The third-order valence-electron chi connectivity index (χ3n) is 1.82. The Balaban J connectivity index is 4.10.